The highest BCUT2D eigenvalue weighted by Crippen LogP contribution is 2.21. The third-order valence-electron chi connectivity index (χ3n) is 3.51. The van der Waals surface area contributed by atoms with Gasteiger partial charge in [-0.15, -0.1) is 0 Å². The van der Waals surface area contributed by atoms with Crippen molar-refractivity contribution in [3.05, 3.63) is 35.9 Å². The average Bonchev–Trinajstić information content (AvgIpc) is 3.34. The van der Waals surface area contributed by atoms with Gasteiger partial charge in [0.1, 0.15) is 0 Å². The second kappa shape index (κ2) is 7.59. The summed E-state index contributed by atoms with van der Waals surface area (Å²) in [5.41, 5.74) is 5.40. The lowest BCUT2D eigenvalue weighted by Gasteiger charge is -2.16. The number of hydrazine groups is 1. The van der Waals surface area contributed by atoms with E-state index in [1.807, 2.05) is 37.3 Å². The Bertz CT molecular complexity index is 541. The number of nitrogens with one attached hydrogen (secondary N) is 3. The summed E-state index contributed by atoms with van der Waals surface area (Å²) in [6.07, 6.45) is 3.30. The van der Waals surface area contributed by atoms with Gasteiger partial charge in [0.2, 0.25) is 5.91 Å². The van der Waals surface area contributed by atoms with Crippen LogP contribution in [0.5, 0.6) is 0 Å². The minimum absolute atomic E-state index is 0.103. The third-order valence-corrected chi connectivity index (χ3v) is 3.51. The second-order valence-electron chi connectivity index (χ2n) is 5.44. The molecule has 1 aromatic carbocycles. The van der Waals surface area contributed by atoms with Crippen molar-refractivity contribution >= 4 is 17.7 Å². The summed E-state index contributed by atoms with van der Waals surface area (Å²) in [5, 5.41) is 2.56. The zero-order valence-electron chi connectivity index (χ0n) is 12.6. The number of amides is 3. The van der Waals surface area contributed by atoms with Crippen molar-refractivity contribution in [2.45, 2.75) is 44.6 Å². The van der Waals surface area contributed by atoms with Crippen LogP contribution in [-0.4, -0.2) is 23.8 Å². The molecule has 3 N–H and O–H groups in total. The lowest BCUT2D eigenvalue weighted by atomic mass is 9.94. The molecule has 1 aliphatic rings. The molecule has 1 aliphatic carbocycles. The third kappa shape index (κ3) is 4.58. The molecule has 2 rings (SSSR count). The first-order valence-corrected chi connectivity index (χ1v) is 7.57. The summed E-state index contributed by atoms with van der Waals surface area (Å²) < 4.78 is 0. The number of rotatable bonds is 5. The zero-order valence-corrected chi connectivity index (χ0v) is 12.6. The van der Waals surface area contributed by atoms with Gasteiger partial charge in [-0.2, -0.15) is 0 Å². The number of hydrogen-bond acceptors (Lipinski definition) is 3. The molecule has 3 amide bonds. The maximum absolute atomic E-state index is 12.2. The Morgan fingerprint density at radius 2 is 1.77 bits per heavy atom. The van der Waals surface area contributed by atoms with Gasteiger partial charge in [0.05, 0.1) is 5.92 Å². The van der Waals surface area contributed by atoms with E-state index in [0.717, 1.165) is 24.8 Å². The molecule has 1 fully saturated rings. The van der Waals surface area contributed by atoms with Gasteiger partial charge in [-0.25, -0.2) is 0 Å². The molecule has 0 spiro atoms. The zero-order chi connectivity index (χ0) is 15.9. The molecule has 1 atom stereocenters. The Morgan fingerprint density at radius 1 is 1.09 bits per heavy atom. The predicted molar refractivity (Wildman–Crippen MR) is 81.5 cm³/mol. The summed E-state index contributed by atoms with van der Waals surface area (Å²) in [6.45, 7) is 1.99. The first-order chi connectivity index (χ1) is 10.6. The van der Waals surface area contributed by atoms with Crippen molar-refractivity contribution in [1.82, 2.24) is 16.2 Å². The normalized spacial score (nSPS) is 14.8. The number of carbonyl (C=O) groups is 3. The monoisotopic (exact) mass is 303 g/mol. The molecule has 6 nitrogen and oxygen atoms in total. The van der Waals surface area contributed by atoms with Crippen molar-refractivity contribution in [3.8, 4) is 0 Å². The maximum atomic E-state index is 12.2. The van der Waals surface area contributed by atoms with Gasteiger partial charge in [0, 0.05) is 6.04 Å². The van der Waals surface area contributed by atoms with Crippen LogP contribution in [0.1, 0.15) is 44.1 Å². The van der Waals surface area contributed by atoms with Gasteiger partial charge in [-0.05, 0) is 24.8 Å². The summed E-state index contributed by atoms with van der Waals surface area (Å²) in [5.74, 6) is -2.23. The average molecular weight is 303 g/mol. The molecule has 22 heavy (non-hydrogen) atoms. The predicted octanol–water partition coefficient (Wildman–Crippen LogP) is 0.996. The lowest BCUT2D eigenvalue weighted by Crippen LogP contribution is -2.50. The van der Waals surface area contributed by atoms with E-state index in [4.69, 9.17) is 0 Å². The molecular formula is C16H21N3O3. The van der Waals surface area contributed by atoms with Crippen molar-refractivity contribution < 1.29 is 14.4 Å². The van der Waals surface area contributed by atoms with Crippen LogP contribution >= 0.6 is 0 Å². The van der Waals surface area contributed by atoms with Crippen LogP contribution in [0.15, 0.2) is 30.3 Å². The van der Waals surface area contributed by atoms with E-state index in [1.54, 1.807) is 0 Å². The summed E-state index contributed by atoms with van der Waals surface area (Å²) >= 11 is 0. The maximum Gasteiger partial charge on any atom is 0.327 e. The molecule has 1 aromatic rings. The lowest BCUT2D eigenvalue weighted by molar-refractivity contribution is -0.141. The largest absolute Gasteiger partial charge is 0.345 e. The van der Waals surface area contributed by atoms with Gasteiger partial charge in [-0.1, -0.05) is 43.7 Å². The Kier molecular flexibility index (Phi) is 5.52. The number of carbonyl (C=O) groups excluding carboxylic acids is 3. The second-order valence-corrected chi connectivity index (χ2v) is 5.44. The highest BCUT2D eigenvalue weighted by atomic mass is 16.2. The van der Waals surface area contributed by atoms with Crippen LogP contribution < -0.4 is 16.2 Å². The van der Waals surface area contributed by atoms with Crippen LogP contribution in [0.25, 0.3) is 0 Å². The fraction of sp³-hybridized carbons (Fsp3) is 0.438. The Hall–Kier alpha value is -2.37. The molecule has 118 valence electrons. The summed E-state index contributed by atoms with van der Waals surface area (Å²) in [7, 11) is 0. The van der Waals surface area contributed by atoms with E-state index in [-0.39, 0.29) is 17.9 Å². The van der Waals surface area contributed by atoms with Gasteiger partial charge >= 0.3 is 11.8 Å². The molecule has 0 bridgehead atoms. The van der Waals surface area contributed by atoms with Gasteiger partial charge in [-0.3, -0.25) is 25.2 Å². The van der Waals surface area contributed by atoms with E-state index in [2.05, 4.69) is 16.2 Å². The quantitative estimate of drug-likeness (QED) is 0.560. The molecule has 0 heterocycles. The van der Waals surface area contributed by atoms with Crippen molar-refractivity contribution in [1.29, 1.82) is 0 Å². The van der Waals surface area contributed by atoms with Crippen LogP contribution in [0, 0.1) is 0 Å². The fourth-order valence-corrected chi connectivity index (χ4v) is 2.16. The van der Waals surface area contributed by atoms with Gasteiger partial charge < -0.3 is 5.32 Å². The minimum Gasteiger partial charge on any atom is -0.345 e. The van der Waals surface area contributed by atoms with Crippen molar-refractivity contribution in [2.75, 3.05) is 0 Å². The van der Waals surface area contributed by atoms with E-state index < -0.39 is 11.8 Å². The first kappa shape index (κ1) is 16.0. The van der Waals surface area contributed by atoms with Crippen LogP contribution in [0.3, 0.4) is 0 Å². The highest BCUT2D eigenvalue weighted by Gasteiger charge is 2.27. The Morgan fingerprint density at radius 3 is 2.36 bits per heavy atom. The van der Waals surface area contributed by atoms with Crippen molar-refractivity contribution in [3.63, 3.8) is 0 Å². The SMILES string of the molecule is CCC[C@H](C(=O)NNC(=O)C(=O)NC1CC1)c1ccccc1. The van der Waals surface area contributed by atoms with Crippen molar-refractivity contribution in [2.24, 2.45) is 0 Å². The highest BCUT2D eigenvalue weighted by molar-refractivity contribution is 6.35. The molecule has 0 aliphatic heterocycles. The Labute approximate surface area is 129 Å². The van der Waals surface area contributed by atoms with Gasteiger partial charge in [0.15, 0.2) is 0 Å². The van der Waals surface area contributed by atoms with Crippen LogP contribution in [0.2, 0.25) is 0 Å². The van der Waals surface area contributed by atoms with Gasteiger partial charge in [0.25, 0.3) is 0 Å². The van der Waals surface area contributed by atoms with E-state index >= 15 is 0 Å². The molecule has 0 radical (unpaired) electrons. The minimum atomic E-state index is -0.844. The first-order valence-electron chi connectivity index (χ1n) is 7.57. The molecule has 1 saturated carbocycles. The van der Waals surface area contributed by atoms with Crippen LogP contribution in [-0.2, 0) is 14.4 Å². The molecule has 0 aromatic heterocycles. The number of benzene rings is 1. The number of hydrogen-bond donors (Lipinski definition) is 3. The standard InChI is InChI=1S/C16H21N3O3/c1-2-6-13(11-7-4-3-5-8-11)14(20)18-19-16(22)15(21)17-12-9-10-12/h3-5,7-8,12-13H,2,6,9-10H2,1H3,(H,17,21)(H,18,20)(H,19,22)/t13-/m0/s1. The van der Waals surface area contributed by atoms with Crippen LogP contribution in [0.4, 0.5) is 0 Å². The van der Waals surface area contributed by atoms with E-state index in [1.165, 1.54) is 0 Å². The fourth-order valence-electron chi connectivity index (χ4n) is 2.16. The van der Waals surface area contributed by atoms with E-state index in [0.29, 0.717) is 6.42 Å². The topological polar surface area (TPSA) is 87.3 Å². The van der Waals surface area contributed by atoms with E-state index in [9.17, 15) is 14.4 Å². The summed E-state index contributed by atoms with van der Waals surface area (Å²) in [6, 6.07) is 9.48. The summed E-state index contributed by atoms with van der Waals surface area (Å²) in [4.78, 5) is 35.3. The Balaban J connectivity index is 1.88. The molecular weight excluding hydrogens is 282 g/mol. The molecule has 0 saturated heterocycles. The molecule has 6 heteroatoms. The smallest absolute Gasteiger partial charge is 0.327 e. The molecule has 0 unspecified atom stereocenters.